The fourth-order valence-electron chi connectivity index (χ4n) is 1.50. The Kier molecular flexibility index (Phi) is 4.89. The number of nitrogens with zero attached hydrogens (tertiary/aromatic N) is 2. The summed E-state index contributed by atoms with van der Waals surface area (Å²) in [5.41, 5.74) is -0.759. The lowest BCUT2D eigenvalue weighted by atomic mass is 10.1. The van der Waals surface area contributed by atoms with Gasteiger partial charge in [-0.1, -0.05) is 13.8 Å². The van der Waals surface area contributed by atoms with E-state index in [0.717, 1.165) is 35.9 Å². The SMILES string of the molecule is CCN(CC)CCc1ncc(C(C)(C)O)s1. The van der Waals surface area contributed by atoms with Crippen LogP contribution in [0.25, 0.3) is 0 Å². The summed E-state index contributed by atoms with van der Waals surface area (Å²) in [5, 5.41) is 10.9. The second-order valence-corrected chi connectivity index (χ2v) is 5.57. The van der Waals surface area contributed by atoms with Gasteiger partial charge in [-0.05, 0) is 26.9 Å². The van der Waals surface area contributed by atoms with Gasteiger partial charge in [-0.2, -0.15) is 0 Å². The van der Waals surface area contributed by atoms with Crippen LogP contribution in [0, 0.1) is 0 Å². The zero-order chi connectivity index (χ0) is 12.2. The van der Waals surface area contributed by atoms with Crippen molar-refractivity contribution in [3.63, 3.8) is 0 Å². The van der Waals surface area contributed by atoms with Crippen molar-refractivity contribution in [3.05, 3.63) is 16.1 Å². The number of rotatable bonds is 6. The molecule has 16 heavy (non-hydrogen) atoms. The third-order valence-electron chi connectivity index (χ3n) is 2.69. The van der Waals surface area contributed by atoms with Crippen molar-refractivity contribution in [1.29, 1.82) is 0 Å². The van der Waals surface area contributed by atoms with E-state index in [2.05, 4.69) is 23.7 Å². The quantitative estimate of drug-likeness (QED) is 0.831. The van der Waals surface area contributed by atoms with E-state index in [1.54, 1.807) is 31.4 Å². The summed E-state index contributed by atoms with van der Waals surface area (Å²) in [4.78, 5) is 7.68. The van der Waals surface area contributed by atoms with Gasteiger partial charge in [0.1, 0.15) is 0 Å². The smallest absolute Gasteiger partial charge is 0.0948 e. The first-order valence-electron chi connectivity index (χ1n) is 5.87. The molecule has 0 saturated heterocycles. The Labute approximate surface area is 102 Å². The minimum absolute atomic E-state index is 0.759. The molecule has 0 radical (unpaired) electrons. The maximum Gasteiger partial charge on any atom is 0.0948 e. The van der Waals surface area contributed by atoms with Gasteiger partial charge in [0.05, 0.1) is 15.5 Å². The van der Waals surface area contributed by atoms with Crippen LogP contribution in [0.3, 0.4) is 0 Å². The summed E-state index contributed by atoms with van der Waals surface area (Å²) in [6.45, 7) is 11.2. The molecule has 0 unspecified atom stereocenters. The Hall–Kier alpha value is -0.450. The van der Waals surface area contributed by atoms with Gasteiger partial charge in [0.25, 0.3) is 0 Å². The first kappa shape index (κ1) is 13.6. The number of aliphatic hydroxyl groups is 1. The molecule has 0 bridgehead atoms. The fraction of sp³-hybridized carbons (Fsp3) is 0.750. The second-order valence-electron chi connectivity index (χ2n) is 4.45. The van der Waals surface area contributed by atoms with Crippen LogP contribution in [-0.4, -0.2) is 34.6 Å². The average Bonchev–Trinajstić information content (AvgIpc) is 2.67. The predicted molar refractivity (Wildman–Crippen MR) is 68.9 cm³/mol. The minimum Gasteiger partial charge on any atom is -0.385 e. The normalized spacial score (nSPS) is 12.4. The lowest BCUT2D eigenvalue weighted by molar-refractivity contribution is 0.0823. The number of thiazole rings is 1. The second kappa shape index (κ2) is 5.75. The molecule has 1 heterocycles. The van der Waals surface area contributed by atoms with Crippen LogP contribution in [-0.2, 0) is 12.0 Å². The molecule has 0 fully saturated rings. The Morgan fingerprint density at radius 2 is 2.00 bits per heavy atom. The molecular formula is C12H22N2OS. The molecule has 1 aromatic rings. The van der Waals surface area contributed by atoms with Crippen molar-refractivity contribution in [2.45, 2.75) is 39.7 Å². The molecule has 1 N–H and O–H groups in total. The van der Waals surface area contributed by atoms with Crippen molar-refractivity contribution in [1.82, 2.24) is 9.88 Å². The molecular weight excluding hydrogens is 220 g/mol. The van der Waals surface area contributed by atoms with Crippen molar-refractivity contribution >= 4 is 11.3 Å². The molecule has 0 aliphatic heterocycles. The fourth-order valence-corrected chi connectivity index (χ4v) is 2.41. The van der Waals surface area contributed by atoms with Crippen molar-refractivity contribution in [3.8, 4) is 0 Å². The Balaban J connectivity index is 2.53. The molecule has 0 aliphatic rings. The maximum atomic E-state index is 9.83. The molecule has 0 aliphatic carbocycles. The maximum absolute atomic E-state index is 9.83. The summed E-state index contributed by atoms with van der Waals surface area (Å²) in [7, 11) is 0. The highest BCUT2D eigenvalue weighted by Crippen LogP contribution is 2.25. The monoisotopic (exact) mass is 242 g/mol. The molecule has 4 heteroatoms. The van der Waals surface area contributed by atoms with E-state index in [-0.39, 0.29) is 0 Å². The van der Waals surface area contributed by atoms with E-state index in [4.69, 9.17) is 0 Å². The van der Waals surface area contributed by atoms with Crippen molar-refractivity contribution in [2.75, 3.05) is 19.6 Å². The van der Waals surface area contributed by atoms with Crippen molar-refractivity contribution in [2.24, 2.45) is 0 Å². The van der Waals surface area contributed by atoms with Crippen LogP contribution < -0.4 is 0 Å². The Bertz CT molecular complexity index is 313. The minimum atomic E-state index is -0.759. The van der Waals surface area contributed by atoms with E-state index in [1.165, 1.54) is 0 Å². The zero-order valence-electron chi connectivity index (χ0n) is 10.7. The van der Waals surface area contributed by atoms with Gasteiger partial charge in [-0.15, -0.1) is 11.3 Å². The molecule has 0 atom stereocenters. The molecule has 3 nitrogen and oxygen atoms in total. The predicted octanol–water partition coefficient (Wildman–Crippen LogP) is 2.25. The van der Waals surface area contributed by atoms with Crippen LogP contribution in [0.15, 0.2) is 6.20 Å². The van der Waals surface area contributed by atoms with Crippen LogP contribution in [0.1, 0.15) is 37.6 Å². The Morgan fingerprint density at radius 3 is 2.44 bits per heavy atom. The number of likely N-dealkylation sites (N-methyl/N-ethyl adjacent to an activating group) is 1. The van der Waals surface area contributed by atoms with Gasteiger partial charge < -0.3 is 10.0 Å². The molecule has 92 valence electrons. The largest absolute Gasteiger partial charge is 0.385 e. The third-order valence-corrected chi connectivity index (χ3v) is 4.06. The molecule has 0 saturated carbocycles. The van der Waals surface area contributed by atoms with E-state index in [1.807, 2.05) is 0 Å². The van der Waals surface area contributed by atoms with Gasteiger partial charge in [0, 0.05) is 19.2 Å². The topological polar surface area (TPSA) is 36.4 Å². The van der Waals surface area contributed by atoms with Crippen LogP contribution in [0.5, 0.6) is 0 Å². The molecule has 1 rings (SSSR count). The first-order valence-corrected chi connectivity index (χ1v) is 6.69. The van der Waals surface area contributed by atoms with Gasteiger partial charge in [0.2, 0.25) is 0 Å². The number of aromatic nitrogens is 1. The lowest BCUT2D eigenvalue weighted by Crippen LogP contribution is -2.25. The lowest BCUT2D eigenvalue weighted by Gasteiger charge is -2.16. The molecule has 0 aromatic carbocycles. The number of hydrogen-bond donors (Lipinski definition) is 1. The highest BCUT2D eigenvalue weighted by Gasteiger charge is 2.19. The average molecular weight is 242 g/mol. The van der Waals surface area contributed by atoms with Gasteiger partial charge >= 0.3 is 0 Å². The van der Waals surface area contributed by atoms with E-state index in [0.29, 0.717) is 0 Å². The van der Waals surface area contributed by atoms with Crippen LogP contribution in [0.4, 0.5) is 0 Å². The molecule has 1 aromatic heterocycles. The molecule has 0 amide bonds. The van der Waals surface area contributed by atoms with Gasteiger partial charge in [0.15, 0.2) is 0 Å². The Morgan fingerprint density at radius 1 is 1.38 bits per heavy atom. The van der Waals surface area contributed by atoms with Gasteiger partial charge in [-0.3, -0.25) is 0 Å². The van der Waals surface area contributed by atoms with E-state index in [9.17, 15) is 5.11 Å². The van der Waals surface area contributed by atoms with Crippen LogP contribution in [0.2, 0.25) is 0 Å². The van der Waals surface area contributed by atoms with Crippen molar-refractivity contribution < 1.29 is 5.11 Å². The standard InChI is InChI=1S/C12H22N2OS/c1-5-14(6-2)8-7-11-13-9-10(16-11)12(3,4)15/h9,15H,5-8H2,1-4H3. The summed E-state index contributed by atoms with van der Waals surface area (Å²) in [6, 6.07) is 0. The van der Waals surface area contributed by atoms with Gasteiger partial charge in [-0.25, -0.2) is 4.98 Å². The summed E-state index contributed by atoms with van der Waals surface area (Å²) >= 11 is 1.62. The third kappa shape index (κ3) is 3.85. The summed E-state index contributed by atoms with van der Waals surface area (Å²) in [5.74, 6) is 0. The van der Waals surface area contributed by atoms with E-state index < -0.39 is 5.60 Å². The summed E-state index contributed by atoms with van der Waals surface area (Å²) in [6.07, 6.45) is 2.77. The first-order chi connectivity index (χ1) is 7.47. The highest BCUT2D eigenvalue weighted by atomic mass is 32.1. The van der Waals surface area contributed by atoms with E-state index >= 15 is 0 Å². The summed E-state index contributed by atoms with van der Waals surface area (Å²) < 4.78 is 0. The number of hydrogen-bond acceptors (Lipinski definition) is 4. The highest BCUT2D eigenvalue weighted by molar-refractivity contribution is 7.11. The molecule has 0 spiro atoms. The van der Waals surface area contributed by atoms with Crippen LogP contribution >= 0.6 is 11.3 Å². The zero-order valence-corrected chi connectivity index (χ0v) is 11.5.